The van der Waals surface area contributed by atoms with E-state index in [2.05, 4.69) is 33.3 Å². The second kappa shape index (κ2) is 8.94. The number of halogens is 2. The van der Waals surface area contributed by atoms with E-state index >= 15 is 0 Å². The number of fused-ring (bicyclic) bond motifs is 1. The van der Waals surface area contributed by atoms with Gasteiger partial charge in [0.2, 0.25) is 5.91 Å². The van der Waals surface area contributed by atoms with Gasteiger partial charge in [0.25, 0.3) is 0 Å². The summed E-state index contributed by atoms with van der Waals surface area (Å²) in [5.41, 5.74) is 6.06. The molecule has 1 saturated heterocycles. The summed E-state index contributed by atoms with van der Waals surface area (Å²) in [6.45, 7) is 3.82. The van der Waals surface area contributed by atoms with Gasteiger partial charge in [0.05, 0.1) is 27.8 Å². The molecule has 2 aromatic heterocycles. The smallest absolute Gasteiger partial charge is 0.227 e. The molecule has 36 heavy (non-hydrogen) atoms. The number of amides is 1. The van der Waals surface area contributed by atoms with Crippen molar-refractivity contribution in [2.45, 2.75) is 32.7 Å². The first kappa shape index (κ1) is 23.1. The molecule has 6 nitrogen and oxygen atoms in total. The van der Waals surface area contributed by atoms with Gasteiger partial charge in [0.15, 0.2) is 0 Å². The Morgan fingerprint density at radius 1 is 1.19 bits per heavy atom. The van der Waals surface area contributed by atoms with E-state index in [4.69, 9.17) is 21.1 Å². The van der Waals surface area contributed by atoms with Crippen LogP contribution in [-0.4, -0.2) is 26.4 Å². The number of allylic oxidation sites excluding steroid dienone is 2. The normalized spacial score (nSPS) is 17.9. The molecule has 2 aliphatic heterocycles. The van der Waals surface area contributed by atoms with Gasteiger partial charge in [-0.2, -0.15) is 0 Å². The molecule has 0 bridgehead atoms. The minimum atomic E-state index is -0.554. The lowest BCUT2D eigenvalue weighted by molar-refractivity contribution is -0.117. The summed E-state index contributed by atoms with van der Waals surface area (Å²) < 4.78 is 21.9. The van der Waals surface area contributed by atoms with Crippen molar-refractivity contribution < 1.29 is 13.7 Å². The van der Waals surface area contributed by atoms with Gasteiger partial charge in [-0.1, -0.05) is 28.9 Å². The highest BCUT2D eigenvalue weighted by Gasteiger charge is 2.37. The molecule has 0 N–H and O–H groups in total. The Morgan fingerprint density at radius 3 is 2.78 bits per heavy atom. The lowest BCUT2D eigenvalue weighted by Gasteiger charge is -2.26. The summed E-state index contributed by atoms with van der Waals surface area (Å²) in [6.07, 6.45) is 5.03. The van der Waals surface area contributed by atoms with Gasteiger partial charge < -0.3 is 9.42 Å². The van der Waals surface area contributed by atoms with Gasteiger partial charge >= 0.3 is 0 Å². The summed E-state index contributed by atoms with van der Waals surface area (Å²) in [5, 5.41) is 6.17. The summed E-state index contributed by atoms with van der Waals surface area (Å²) >= 11 is 7.62. The van der Waals surface area contributed by atoms with Gasteiger partial charge in [-0.15, -0.1) is 11.8 Å². The fourth-order valence-corrected chi connectivity index (χ4v) is 5.89. The number of hydrogen-bond acceptors (Lipinski definition) is 5. The first-order chi connectivity index (χ1) is 17.4. The molecule has 9 heteroatoms. The zero-order valence-electron chi connectivity index (χ0n) is 19.7. The van der Waals surface area contributed by atoms with Crippen molar-refractivity contribution in [2.75, 3.05) is 10.7 Å². The van der Waals surface area contributed by atoms with Crippen molar-refractivity contribution >= 4 is 51.7 Å². The number of rotatable bonds is 4. The van der Waals surface area contributed by atoms with E-state index in [1.165, 1.54) is 12.1 Å². The van der Waals surface area contributed by atoms with Crippen LogP contribution in [0.25, 0.3) is 27.9 Å². The average molecular weight is 521 g/mol. The maximum atomic E-state index is 14.3. The van der Waals surface area contributed by atoms with E-state index in [0.29, 0.717) is 18.5 Å². The highest BCUT2D eigenvalue weighted by atomic mass is 35.5. The molecule has 0 radical (unpaired) electrons. The number of carbonyl (C=O) groups excluding carboxylic acids is 1. The number of carbonyl (C=O) groups is 1. The second-order valence-corrected chi connectivity index (χ2v) is 10.2. The lowest BCUT2D eigenvalue weighted by atomic mass is 10.0. The fraction of sp³-hybridized carbons (Fsp3) is 0.222. The number of aromatic nitrogens is 3. The molecule has 0 spiro atoms. The Labute approximate surface area is 216 Å². The van der Waals surface area contributed by atoms with E-state index in [-0.39, 0.29) is 17.0 Å². The zero-order chi connectivity index (χ0) is 25.0. The highest BCUT2D eigenvalue weighted by Crippen LogP contribution is 2.41. The topological polar surface area (TPSA) is 64.2 Å². The Bertz CT molecular complexity index is 1570. The molecule has 6 rings (SSSR count). The average Bonchev–Trinajstić information content (AvgIpc) is 3.55. The first-order valence-corrected chi connectivity index (χ1v) is 13.1. The van der Waals surface area contributed by atoms with Crippen molar-refractivity contribution in [3.63, 3.8) is 0 Å². The molecule has 2 aromatic carbocycles. The third-order valence-corrected chi connectivity index (χ3v) is 7.79. The van der Waals surface area contributed by atoms with Crippen molar-refractivity contribution in [1.82, 2.24) is 14.7 Å². The first-order valence-electron chi connectivity index (χ1n) is 11.6. The van der Waals surface area contributed by atoms with E-state index in [1.807, 2.05) is 26.0 Å². The molecule has 1 fully saturated rings. The predicted molar refractivity (Wildman–Crippen MR) is 141 cm³/mol. The van der Waals surface area contributed by atoms with Crippen LogP contribution in [0.3, 0.4) is 0 Å². The number of imidazole rings is 1. The molecule has 0 unspecified atom stereocenters. The third-order valence-electron chi connectivity index (χ3n) is 6.68. The van der Waals surface area contributed by atoms with Crippen molar-refractivity contribution in [2.24, 2.45) is 0 Å². The van der Waals surface area contributed by atoms with Crippen LogP contribution in [0.5, 0.6) is 0 Å². The largest absolute Gasteiger partial charge is 0.361 e. The van der Waals surface area contributed by atoms with Gasteiger partial charge in [-0.3, -0.25) is 9.36 Å². The van der Waals surface area contributed by atoms with Crippen LogP contribution in [0, 0.1) is 19.7 Å². The number of aryl methyl sites for hydroxylation is 2. The van der Waals surface area contributed by atoms with E-state index < -0.39 is 5.82 Å². The van der Waals surface area contributed by atoms with Crippen molar-refractivity contribution in [3.8, 4) is 11.1 Å². The molecule has 182 valence electrons. The maximum Gasteiger partial charge on any atom is 0.227 e. The van der Waals surface area contributed by atoms with Gasteiger partial charge in [-0.05, 0) is 67.6 Å². The number of thioether (sulfide) groups is 1. The Hall–Kier alpha value is -3.36. The Balaban J connectivity index is 1.54. The predicted octanol–water partition coefficient (Wildman–Crippen LogP) is 7.07. The fourth-order valence-electron chi connectivity index (χ4n) is 5.09. The Morgan fingerprint density at radius 2 is 2.06 bits per heavy atom. The van der Waals surface area contributed by atoms with Crippen LogP contribution in [-0.2, 0) is 4.79 Å². The summed E-state index contributed by atoms with van der Waals surface area (Å²) in [4.78, 5) is 19.8. The molecule has 2 aliphatic rings. The Kier molecular flexibility index (Phi) is 5.73. The molecule has 4 aromatic rings. The zero-order valence-corrected chi connectivity index (χ0v) is 21.2. The number of hydrogen-bond donors (Lipinski definition) is 0. The quantitative estimate of drug-likeness (QED) is 0.288. The van der Waals surface area contributed by atoms with Crippen LogP contribution in [0.15, 0.2) is 58.5 Å². The van der Waals surface area contributed by atoms with Crippen molar-refractivity contribution in [1.29, 1.82) is 0 Å². The van der Waals surface area contributed by atoms with Crippen LogP contribution in [0.4, 0.5) is 10.1 Å². The van der Waals surface area contributed by atoms with E-state index in [9.17, 15) is 9.18 Å². The minimum Gasteiger partial charge on any atom is -0.361 e. The van der Waals surface area contributed by atoms with Crippen LogP contribution < -0.4 is 4.90 Å². The number of anilines is 1. The lowest BCUT2D eigenvalue weighted by Crippen LogP contribution is -2.29. The number of benzene rings is 2. The summed E-state index contributed by atoms with van der Waals surface area (Å²) in [6, 6.07) is 10.3. The maximum absolute atomic E-state index is 14.3. The van der Waals surface area contributed by atoms with Crippen LogP contribution in [0.2, 0.25) is 5.02 Å². The van der Waals surface area contributed by atoms with Gasteiger partial charge in [0, 0.05) is 29.1 Å². The monoisotopic (exact) mass is 520 g/mol. The molecule has 1 atom stereocenters. The van der Waals surface area contributed by atoms with Crippen LogP contribution >= 0.6 is 23.4 Å². The molecular formula is C27H22ClFN4O2S. The second-order valence-electron chi connectivity index (χ2n) is 8.92. The van der Waals surface area contributed by atoms with E-state index in [1.54, 1.807) is 22.7 Å². The van der Waals surface area contributed by atoms with Crippen molar-refractivity contribution in [3.05, 3.63) is 82.1 Å². The molecular weight excluding hydrogens is 499 g/mol. The minimum absolute atomic E-state index is 0.0252. The van der Waals surface area contributed by atoms with Gasteiger partial charge in [-0.25, -0.2) is 9.37 Å². The van der Waals surface area contributed by atoms with Crippen LogP contribution in [0.1, 0.15) is 36.2 Å². The molecule has 0 saturated carbocycles. The highest BCUT2D eigenvalue weighted by molar-refractivity contribution is 8.02. The van der Waals surface area contributed by atoms with E-state index in [0.717, 1.165) is 50.9 Å². The van der Waals surface area contributed by atoms with Gasteiger partial charge in [0.1, 0.15) is 17.4 Å². The SMILES string of the molecule is Cc1noc(C)c1-c1ccc2c(c1)nc([C@@H]1CCC(=O)N1c1ccc(Cl)c(F)c1)n2C1=CC=CSC1. The molecule has 4 heterocycles. The molecule has 0 aliphatic carbocycles. The molecule has 1 amide bonds. The third kappa shape index (κ3) is 3.76. The summed E-state index contributed by atoms with van der Waals surface area (Å²) in [5.74, 6) is 1.66. The standard InChI is InChI=1S/C27H22ClFN4O2S/c1-15-26(16(2)35-31-15)17-5-8-23-22(12-17)30-27(33(23)19-4-3-11-36-14-19)24-9-10-25(34)32(24)18-6-7-20(28)21(29)13-18/h3-8,11-13,24H,9-10,14H2,1-2H3/t24-/m0/s1. The summed E-state index contributed by atoms with van der Waals surface area (Å²) in [7, 11) is 0. The number of nitrogens with zero attached hydrogens (tertiary/aromatic N) is 4.